The highest BCUT2D eigenvalue weighted by atomic mass is 19.1. The maximum Gasteiger partial charge on any atom is 0.259 e. The van der Waals surface area contributed by atoms with Gasteiger partial charge in [-0.25, -0.2) is 4.39 Å². The molecule has 0 N–H and O–H groups in total. The molecule has 3 aliphatic rings. The third-order valence-electron chi connectivity index (χ3n) is 6.34. The second-order valence-electron chi connectivity index (χ2n) is 8.14. The molecule has 2 amide bonds. The van der Waals surface area contributed by atoms with E-state index in [-0.39, 0.29) is 18.1 Å². The lowest BCUT2D eigenvalue weighted by molar-refractivity contribution is -0.136. The van der Waals surface area contributed by atoms with Crippen LogP contribution in [0.4, 0.5) is 4.39 Å². The van der Waals surface area contributed by atoms with Gasteiger partial charge in [-0.3, -0.25) is 14.5 Å². The molecule has 1 aromatic rings. The lowest BCUT2D eigenvalue weighted by Gasteiger charge is -2.43. The van der Waals surface area contributed by atoms with Crippen LogP contribution >= 0.6 is 0 Å². The van der Waals surface area contributed by atoms with Gasteiger partial charge in [0.25, 0.3) is 5.91 Å². The summed E-state index contributed by atoms with van der Waals surface area (Å²) in [6.45, 7) is 3.84. The molecule has 1 aliphatic carbocycles. The van der Waals surface area contributed by atoms with Gasteiger partial charge in [0, 0.05) is 13.1 Å². The van der Waals surface area contributed by atoms with Crippen molar-refractivity contribution in [3.63, 3.8) is 0 Å². The standard InChI is InChI=1S/C21H27FN2O3/c1-15-8-10-21(11-9-15)24(19(25)16-6-2-3-7-17(16)22)18(14-27-21)20(26)23-12-4-5-13-23/h2-3,6-7,15,18H,4-5,8-14H2,1H3. The molecule has 6 heteroatoms. The van der Waals surface area contributed by atoms with E-state index in [1.807, 2.05) is 4.90 Å². The summed E-state index contributed by atoms with van der Waals surface area (Å²) in [4.78, 5) is 29.9. The first-order chi connectivity index (χ1) is 13.0. The molecule has 1 atom stereocenters. The minimum absolute atomic E-state index is 0.0141. The molecule has 0 bridgehead atoms. The van der Waals surface area contributed by atoms with Crippen molar-refractivity contribution in [2.75, 3.05) is 19.7 Å². The summed E-state index contributed by atoms with van der Waals surface area (Å²) in [5.41, 5.74) is -0.772. The van der Waals surface area contributed by atoms with E-state index < -0.39 is 23.5 Å². The van der Waals surface area contributed by atoms with Gasteiger partial charge in [-0.2, -0.15) is 0 Å². The van der Waals surface area contributed by atoms with Crippen LogP contribution in [-0.2, 0) is 9.53 Å². The Bertz CT molecular complexity index is 724. The number of halogens is 1. The first-order valence-electron chi connectivity index (χ1n) is 10.0. The van der Waals surface area contributed by atoms with E-state index in [2.05, 4.69) is 6.92 Å². The number of amides is 2. The Kier molecular flexibility index (Phi) is 4.93. The summed E-state index contributed by atoms with van der Waals surface area (Å²) >= 11 is 0. The molecule has 3 fully saturated rings. The predicted molar refractivity (Wildman–Crippen MR) is 98.5 cm³/mol. The van der Waals surface area contributed by atoms with Crippen LogP contribution in [0.2, 0.25) is 0 Å². The van der Waals surface area contributed by atoms with Gasteiger partial charge < -0.3 is 9.64 Å². The van der Waals surface area contributed by atoms with Crippen molar-refractivity contribution < 1.29 is 18.7 Å². The lowest BCUT2D eigenvalue weighted by atomic mass is 9.83. The molecule has 4 rings (SSSR count). The number of nitrogens with zero attached hydrogens (tertiary/aromatic N) is 2. The fourth-order valence-electron chi connectivity index (χ4n) is 4.68. The normalized spacial score (nSPS) is 30.9. The number of ether oxygens (including phenoxy) is 1. The summed E-state index contributed by atoms with van der Waals surface area (Å²) in [5, 5.41) is 0. The molecule has 146 valence electrons. The lowest BCUT2D eigenvalue weighted by Crippen LogP contribution is -2.57. The van der Waals surface area contributed by atoms with Gasteiger partial charge in [0.15, 0.2) is 0 Å². The molecular formula is C21H27FN2O3. The SMILES string of the molecule is CC1CCC2(CC1)OCC(C(=O)N1CCCC1)N2C(=O)c1ccccc1F. The van der Waals surface area contributed by atoms with Crippen molar-refractivity contribution >= 4 is 11.8 Å². The quantitative estimate of drug-likeness (QED) is 0.799. The number of rotatable bonds is 2. The first-order valence-corrected chi connectivity index (χ1v) is 10.0. The zero-order valence-corrected chi connectivity index (χ0v) is 15.8. The maximum atomic E-state index is 14.4. The Hall–Kier alpha value is -1.95. The van der Waals surface area contributed by atoms with Crippen molar-refractivity contribution in [2.45, 2.75) is 57.2 Å². The van der Waals surface area contributed by atoms with Crippen LogP contribution in [0.5, 0.6) is 0 Å². The van der Waals surface area contributed by atoms with E-state index >= 15 is 0 Å². The number of hydrogen-bond donors (Lipinski definition) is 0. The molecule has 1 aromatic carbocycles. The van der Waals surface area contributed by atoms with Crippen molar-refractivity contribution in [1.29, 1.82) is 0 Å². The monoisotopic (exact) mass is 374 g/mol. The van der Waals surface area contributed by atoms with Crippen LogP contribution in [0.25, 0.3) is 0 Å². The van der Waals surface area contributed by atoms with E-state index in [4.69, 9.17) is 4.74 Å². The van der Waals surface area contributed by atoms with Crippen LogP contribution in [-0.4, -0.2) is 53.1 Å². The van der Waals surface area contributed by atoms with E-state index in [9.17, 15) is 14.0 Å². The molecule has 5 nitrogen and oxygen atoms in total. The Labute approximate surface area is 159 Å². The smallest absolute Gasteiger partial charge is 0.259 e. The van der Waals surface area contributed by atoms with Gasteiger partial charge >= 0.3 is 0 Å². The average Bonchev–Trinajstić information content (AvgIpc) is 3.32. The van der Waals surface area contributed by atoms with Gasteiger partial charge in [0.2, 0.25) is 5.91 Å². The Morgan fingerprint density at radius 3 is 2.48 bits per heavy atom. The van der Waals surface area contributed by atoms with Crippen molar-refractivity contribution in [3.8, 4) is 0 Å². The van der Waals surface area contributed by atoms with Gasteiger partial charge in [0.1, 0.15) is 17.6 Å². The third kappa shape index (κ3) is 3.24. The second kappa shape index (κ2) is 7.23. The maximum absolute atomic E-state index is 14.4. The number of likely N-dealkylation sites (tertiary alicyclic amines) is 1. The number of carbonyl (C=O) groups excluding carboxylic acids is 2. The minimum atomic E-state index is -0.786. The highest BCUT2D eigenvalue weighted by Crippen LogP contribution is 2.43. The number of benzene rings is 1. The topological polar surface area (TPSA) is 49.9 Å². The van der Waals surface area contributed by atoms with Crippen molar-refractivity contribution in [1.82, 2.24) is 9.80 Å². The fourth-order valence-corrected chi connectivity index (χ4v) is 4.68. The van der Waals surface area contributed by atoms with E-state index in [1.165, 1.54) is 12.1 Å². The summed E-state index contributed by atoms with van der Waals surface area (Å²) in [6, 6.07) is 5.34. The van der Waals surface area contributed by atoms with Crippen LogP contribution in [0, 0.1) is 11.7 Å². The third-order valence-corrected chi connectivity index (χ3v) is 6.34. The highest BCUT2D eigenvalue weighted by molar-refractivity contribution is 5.98. The number of hydrogen-bond acceptors (Lipinski definition) is 3. The van der Waals surface area contributed by atoms with Crippen molar-refractivity contribution in [3.05, 3.63) is 35.6 Å². The van der Waals surface area contributed by atoms with Gasteiger partial charge in [0.05, 0.1) is 12.2 Å². The van der Waals surface area contributed by atoms with Crippen LogP contribution in [0.1, 0.15) is 55.8 Å². The van der Waals surface area contributed by atoms with Crippen LogP contribution < -0.4 is 0 Å². The predicted octanol–water partition coefficient (Wildman–Crippen LogP) is 3.20. The number of carbonyl (C=O) groups is 2. The molecule has 0 radical (unpaired) electrons. The molecule has 2 saturated heterocycles. The highest BCUT2D eigenvalue weighted by Gasteiger charge is 2.54. The second-order valence-corrected chi connectivity index (χ2v) is 8.14. The molecule has 27 heavy (non-hydrogen) atoms. The van der Waals surface area contributed by atoms with Gasteiger partial charge in [-0.1, -0.05) is 19.1 Å². The fraction of sp³-hybridized carbons (Fsp3) is 0.619. The molecular weight excluding hydrogens is 347 g/mol. The molecule has 2 heterocycles. The molecule has 1 saturated carbocycles. The summed E-state index contributed by atoms with van der Waals surface area (Å²) in [6.07, 6.45) is 5.24. The van der Waals surface area contributed by atoms with Gasteiger partial charge in [-0.05, 0) is 56.6 Å². The first kappa shape index (κ1) is 18.4. The minimum Gasteiger partial charge on any atom is -0.353 e. The molecule has 1 spiro atoms. The zero-order chi connectivity index (χ0) is 19.0. The van der Waals surface area contributed by atoms with Crippen LogP contribution in [0.15, 0.2) is 24.3 Å². The molecule has 1 unspecified atom stereocenters. The Morgan fingerprint density at radius 2 is 1.81 bits per heavy atom. The summed E-state index contributed by atoms with van der Waals surface area (Å²) < 4.78 is 20.5. The van der Waals surface area contributed by atoms with E-state index in [0.717, 1.165) is 38.8 Å². The summed E-state index contributed by atoms with van der Waals surface area (Å²) in [5.74, 6) is -0.482. The van der Waals surface area contributed by atoms with Crippen LogP contribution in [0.3, 0.4) is 0 Å². The Balaban J connectivity index is 1.68. The van der Waals surface area contributed by atoms with Gasteiger partial charge in [-0.15, -0.1) is 0 Å². The summed E-state index contributed by atoms with van der Waals surface area (Å²) in [7, 11) is 0. The largest absolute Gasteiger partial charge is 0.353 e. The Morgan fingerprint density at radius 1 is 1.15 bits per heavy atom. The molecule has 0 aromatic heterocycles. The van der Waals surface area contributed by atoms with E-state index in [1.54, 1.807) is 17.0 Å². The van der Waals surface area contributed by atoms with E-state index in [0.29, 0.717) is 18.8 Å². The van der Waals surface area contributed by atoms with Crippen molar-refractivity contribution in [2.24, 2.45) is 5.92 Å². The zero-order valence-electron chi connectivity index (χ0n) is 15.8. The average molecular weight is 374 g/mol. The molecule has 2 aliphatic heterocycles.